The summed E-state index contributed by atoms with van der Waals surface area (Å²) in [6.45, 7) is 5.42. The van der Waals surface area contributed by atoms with Gasteiger partial charge in [0.2, 0.25) is 0 Å². The molecule has 0 bridgehead atoms. The van der Waals surface area contributed by atoms with Crippen LogP contribution >= 0.6 is 0 Å². The van der Waals surface area contributed by atoms with Crippen LogP contribution in [0.1, 0.15) is 19.8 Å². The summed E-state index contributed by atoms with van der Waals surface area (Å²) in [6.07, 6.45) is 3.35. The van der Waals surface area contributed by atoms with Gasteiger partial charge < -0.3 is 15.5 Å². The molecule has 1 aromatic carbocycles. The van der Waals surface area contributed by atoms with Gasteiger partial charge in [-0.2, -0.15) is 0 Å². The summed E-state index contributed by atoms with van der Waals surface area (Å²) in [5, 5.41) is 0. The Hall–Kier alpha value is -1.27. The van der Waals surface area contributed by atoms with Crippen molar-refractivity contribution in [3.8, 4) is 0 Å². The molecule has 2 rings (SSSR count). The topological polar surface area (TPSA) is 66.6 Å². The molecule has 1 heterocycles. The molecule has 6 heteroatoms. The average molecular weight is 311 g/mol. The SMILES string of the molecule is CCN1CCC(N(C)c2cccc(S(C)(=O)=O)c2N)CC1. The van der Waals surface area contributed by atoms with Crippen molar-refractivity contribution >= 4 is 21.2 Å². The van der Waals surface area contributed by atoms with Crippen molar-refractivity contribution in [2.24, 2.45) is 0 Å². The Balaban J connectivity index is 2.22. The van der Waals surface area contributed by atoms with Crippen LogP contribution in [0.25, 0.3) is 0 Å². The summed E-state index contributed by atoms with van der Waals surface area (Å²) in [6, 6.07) is 5.64. The molecular formula is C15H25N3O2S. The highest BCUT2D eigenvalue weighted by atomic mass is 32.2. The van der Waals surface area contributed by atoms with Crippen LogP contribution in [0.5, 0.6) is 0 Å². The standard InChI is InChI=1S/C15H25N3O2S/c1-4-18-10-8-12(9-11-18)17(2)13-6-5-7-14(15(13)16)21(3,19)20/h5-7,12H,4,8-11,16H2,1-3H3. The second-order valence-electron chi connectivity index (χ2n) is 5.74. The van der Waals surface area contributed by atoms with Gasteiger partial charge in [0.1, 0.15) is 0 Å². The molecule has 0 aromatic heterocycles. The molecule has 1 aromatic rings. The normalized spacial score (nSPS) is 17.9. The number of nitrogens with two attached hydrogens (primary N) is 1. The maximum Gasteiger partial charge on any atom is 0.177 e. The Morgan fingerprint density at radius 1 is 1.33 bits per heavy atom. The van der Waals surface area contributed by atoms with Crippen molar-refractivity contribution < 1.29 is 8.42 Å². The molecule has 0 radical (unpaired) electrons. The number of para-hydroxylation sites is 1. The van der Waals surface area contributed by atoms with E-state index in [0.717, 1.165) is 38.2 Å². The van der Waals surface area contributed by atoms with E-state index in [4.69, 9.17) is 5.73 Å². The van der Waals surface area contributed by atoms with E-state index in [9.17, 15) is 8.42 Å². The number of benzene rings is 1. The van der Waals surface area contributed by atoms with Gasteiger partial charge in [-0.25, -0.2) is 8.42 Å². The van der Waals surface area contributed by atoms with Crippen molar-refractivity contribution in [1.29, 1.82) is 0 Å². The maximum absolute atomic E-state index is 11.8. The first kappa shape index (κ1) is 16.1. The van der Waals surface area contributed by atoms with E-state index in [0.29, 0.717) is 11.7 Å². The molecule has 1 fully saturated rings. The molecule has 1 aliphatic rings. The highest BCUT2D eigenvalue weighted by Crippen LogP contribution is 2.32. The van der Waals surface area contributed by atoms with Crippen molar-refractivity contribution in [3.63, 3.8) is 0 Å². The lowest BCUT2D eigenvalue weighted by atomic mass is 10.0. The molecule has 0 spiro atoms. The minimum Gasteiger partial charge on any atom is -0.396 e. The lowest BCUT2D eigenvalue weighted by Crippen LogP contribution is -2.43. The quantitative estimate of drug-likeness (QED) is 0.856. The summed E-state index contributed by atoms with van der Waals surface area (Å²) < 4.78 is 23.6. The van der Waals surface area contributed by atoms with Crippen LogP contribution in [0.2, 0.25) is 0 Å². The number of nitrogens with zero attached hydrogens (tertiary/aromatic N) is 2. The van der Waals surface area contributed by atoms with E-state index in [-0.39, 0.29) is 4.90 Å². The van der Waals surface area contributed by atoms with Crippen LogP contribution in [0.4, 0.5) is 11.4 Å². The third-order valence-electron chi connectivity index (χ3n) is 4.37. The zero-order valence-electron chi connectivity index (χ0n) is 13.0. The predicted molar refractivity (Wildman–Crippen MR) is 87.5 cm³/mol. The first-order valence-corrected chi connectivity index (χ1v) is 9.27. The summed E-state index contributed by atoms with van der Waals surface area (Å²) in [7, 11) is -1.29. The van der Waals surface area contributed by atoms with Crippen LogP contribution in [0, 0.1) is 0 Å². The summed E-state index contributed by atoms with van der Waals surface area (Å²) >= 11 is 0. The van der Waals surface area contributed by atoms with Crippen LogP contribution in [0.3, 0.4) is 0 Å². The smallest absolute Gasteiger partial charge is 0.177 e. The number of hydrogen-bond acceptors (Lipinski definition) is 5. The molecule has 1 saturated heterocycles. The van der Waals surface area contributed by atoms with Gasteiger partial charge in [-0.05, 0) is 31.5 Å². The van der Waals surface area contributed by atoms with Crippen molar-refractivity contribution in [2.75, 3.05) is 43.6 Å². The highest BCUT2D eigenvalue weighted by molar-refractivity contribution is 7.90. The Bertz CT molecular complexity index is 593. The molecule has 0 atom stereocenters. The molecule has 0 saturated carbocycles. The van der Waals surface area contributed by atoms with E-state index in [1.165, 1.54) is 6.26 Å². The molecule has 0 unspecified atom stereocenters. The van der Waals surface area contributed by atoms with Crippen molar-refractivity contribution in [1.82, 2.24) is 4.90 Å². The number of rotatable bonds is 4. The Labute approximate surface area is 127 Å². The zero-order valence-corrected chi connectivity index (χ0v) is 13.9. The van der Waals surface area contributed by atoms with Gasteiger partial charge in [-0.15, -0.1) is 0 Å². The van der Waals surface area contributed by atoms with E-state index in [2.05, 4.69) is 16.7 Å². The third-order valence-corrected chi connectivity index (χ3v) is 5.53. The van der Waals surface area contributed by atoms with Gasteiger partial charge in [0.25, 0.3) is 0 Å². The number of anilines is 2. The molecule has 5 nitrogen and oxygen atoms in total. The van der Waals surface area contributed by atoms with Gasteiger partial charge >= 0.3 is 0 Å². The van der Waals surface area contributed by atoms with E-state index < -0.39 is 9.84 Å². The van der Waals surface area contributed by atoms with Crippen LogP contribution in [-0.2, 0) is 9.84 Å². The molecule has 0 aliphatic carbocycles. The predicted octanol–water partition coefficient (Wildman–Crippen LogP) is 1.59. The number of nitrogen functional groups attached to an aromatic ring is 1. The third kappa shape index (κ3) is 3.49. The van der Waals surface area contributed by atoms with Crippen LogP contribution in [0.15, 0.2) is 23.1 Å². The molecule has 21 heavy (non-hydrogen) atoms. The van der Waals surface area contributed by atoms with Crippen molar-refractivity contribution in [3.05, 3.63) is 18.2 Å². The van der Waals surface area contributed by atoms with E-state index in [1.807, 2.05) is 13.1 Å². The summed E-state index contributed by atoms with van der Waals surface area (Å²) in [5.74, 6) is 0. The average Bonchev–Trinajstić information content (AvgIpc) is 2.45. The highest BCUT2D eigenvalue weighted by Gasteiger charge is 2.24. The molecule has 0 amide bonds. The minimum atomic E-state index is -3.29. The number of piperidine rings is 1. The van der Waals surface area contributed by atoms with Gasteiger partial charge in [-0.1, -0.05) is 13.0 Å². The van der Waals surface area contributed by atoms with Gasteiger partial charge in [0, 0.05) is 32.4 Å². The fourth-order valence-electron chi connectivity index (χ4n) is 2.98. The Morgan fingerprint density at radius 3 is 2.48 bits per heavy atom. The maximum atomic E-state index is 11.8. The lowest BCUT2D eigenvalue weighted by molar-refractivity contribution is 0.221. The number of hydrogen-bond donors (Lipinski definition) is 1. The van der Waals surface area contributed by atoms with E-state index in [1.54, 1.807) is 12.1 Å². The largest absolute Gasteiger partial charge is 0.396 e. The molecule has 118 valence electrons. The van der Waals surface area contributed by atoms with Crippen LogP contribution in [-0.4, -0.2) is 52.3 Å². The fourth-order valence-corrected chi connectivity index (χ4v) is 3.81. The second-order valence-corrected chi connectivity index (χ2v) is 7.72. The number of likely N-dealkylation sites (tertiary alicyclic amines) is 1. The molecule has 1 aliphatic heterocycles. The van der Waals surface area contributed by atoms with Crippen molar-refractivity contribution in [2.45, 2.75) is 30.7 Å². The first-order chi connectivity index (χ1) is 9.84. The minimum absolute atomic E-state index is 0.220. The Morgan fingerprint density at radius 2 is 1.95 bits per heavy atom. The van der Waals surface area contributed by atoms with Gasteiger partial charge in [-0.3, -0.25) is 0 Å². The monoisotopic (exact) mass is 311 g/mol. The number of sulfone groups is 1. The Kier molecular flexibility index (Phi) is 4.78. The first-order valence-electron chi connectivity index (χ1n) is 7.38. The summed E-state index contributed by atoms with van der Waals surface area (Å²) in [5.41, 5.74) is 7.27. The summed E-state index contributed by atoms with van der Waals surface area (Å²) in [4.78, 5) is 4.79. The van der Waals surface area contributed by atoms with Gasteiger partial charge in [0.05, 0.1) is 16.3 Å². The molecule has 2 N–H and O–H groups in total. The fraction of sp³-hybridized carbons (Fsp3) is 0.600. The second kappa shape index (κ2) is 6.23. The zero-order chi connectivity index (χ0) is 15.6. The van der Waals surface area contributed by atoms with Crippen LogP contribution < -0.4 is 10.6 Å². The van der Waals surface area contributed by atoms with Gasteiger partial charge in [0.15, 0.2) is 9.84 Å². The van der Waals surface area contributed by atoms with E-state index >= 15 is 0 Å². The lowest BCUT2D eigenvalue weighted by Gasteiger charge is -2.38. The molecular weight excluding hydrogens is 286 g/mol.